The van der Waals surface area contributed by atoms with E-state index in [4.69, 9.17) is 9.62 Å². The second-order valence-corrected chi connectivity index (χ2v) is 9.14. The van der Waals surface area contributed by atoms with Gasteiger partial charge in [-0.05, 0) is 32.3 Å². The van der Waals surface area contributed by atoms with E-state index < -0.39 is 0 Å². The van der Waals surface area contributed by atoms with Gasteiger partial charge in [0.15, 0.2) is 0 Å². The highest BCUT2D eigenvalue weighted by atomic mass is 16.5. The standard InChI is InChI=1S/C25H31N5O2/c1-17-21(18(2)32-28-17)8-9-24(31)30-13-10-20(15-30)25-22-16-29(12-11-23(22)26-27-25)14-19-6-4-3-5-7-19/h3-7,20H,8-16H2,1-2H3,(H,26,27). The van der Waals surface area contributed by atoms with Crippen LogP contribution in [0.5, 0.6) is 0 Å². The van der Waals surface area contributed by atoms with Crippen LogP contribution in [0.3, 0.4) is 0 Å². The van der Waals surface area contributed by atoms with Crippen LogP contribution in [-0.2, 0) is 30.7 Å². The van der Waals surface area contributed by atoms with Crippen LogP contribution in [0.2, 0.25) is 0 Å². The van der Waals surface area contributed by atoms with Gasteiger partial charge in [-0.15, -0.1) is 0 Å². The van der Waals surface area contributed by atoms with Gasteiger partial charge in [0.2, 0.25) is 5.91 Å². The van der Waals surface area contributed by atoms with Crippen molar-refractivity contribution in [3.63, 3.8) is 0 Å². The van der Waals surface area contributed by atoms with E-state index in [0.717, 1.165) is 62.6 Å². The molecule has 7 nitrogen and oxygen atoms in total. The van der Waals surface area contributed by atoms with Gasteiger partial charge in [-0.1, -0.05) is 35.5 Å². The zero-order chi connectivity index (χ0) is 22.1. The molecule has 1 fully saturated rings. The Bertz CT molecular complexity index is 1070. The minimum Gasteiger partial charge on any atom is -0.361 e. The fourth-order valence-corrected chi connectivity index (χ4v) is 5.15. The molecule has 5 rings (SSSR count). The van der Waals surface area contributed by atoms with E-state index in [1.54, 1.807) is 0 Å². The Morgan fingerprint density at radius 3 is 2.84 bits per heavy atom. The number of aryl methyl sites for hydroxylation is 2. The van der Waals surface area contributed by atoms with Crippen molar-refractivity contribution < 1.29 is 9.32 Å². The maximum atomic E-state index is 12.9. The summed E-state index contributed by atoms with van der Waals surface area (Å²) in [5, 5.41) is 12.0. The van der Waals surface area contributed by atoms with E-state index in [1.807, 2.05) is 18.7 Å². The molecule has 0 aliphatic carbocycles. The van der Waals surface area contributed by atoms with Gasteiger partial charge in [-0.2, -0.15) is 5.10 Å². The molecule has 1 aromatic carbocycles. The Morgan fingerprint density at radius 1 is 1.22 bits per heavy atom. The molecule has 7 heteroatoms. The van der Waals surface area contributed by atoms with Crippen molar-refractivity contribution >= 4 is 5.91 Å². The predicted octanol–water partition coefficient (Wildman–Crippen LogP) is 3.52. The molecule has 4 heterocycles. The molecule has 1 saturated heterocycles. The maximum Gasteiger partial charge on any atom is 0.222 e. The first-order valence-electron chi connectivity index (χ1n) is 11.6. The van der Waals surface area contributed by atoms with E-state index >= 15 is 0 Å². The number of aromatic nitrogens is 3. The molecular formula is C25H31N5O2. The van der Waals surface area contributed by atoms with Gasteiger partial charge in [0.1, 0.15) is 5.76 Å². The van der Waals surface area contributed by atoms with Gasteiger partial charge in [0.05, 0.1) is 11.4 Å². The topological polar surface area (TPSA) is 78.3 Å². The Hall–Kier alpha value is -2.93. The number of likely N-dealkylation sites (tertiary alicyclic amines) is 1. The zero-order valence-corrected chi connectivity index (χ0v) is 18.9. The lowest BCUT2D eigenvalue weighted by Crippen LogP contribution is -2.31. The number of H-pyrrole nitrogens is 1. The number of amides is 1. The molecule has 168 valence electrons. The molecule has 1 N–H and O–H groups in total. The summed E-state index contributed by atoms with van der Waals surface area (Å²) in [5.41, 5.74) is 7.08. The van der Waals surface area contributed by atoms with E-state index in [9.17, 15) is 4.79 Å². The molecule has 0 bridgehead atoms. The number of carbonyl (C=O) groups excluding carboxylic acids is 1. The first-order chi connectivity index (χ1) is 15.6. The second kappa shape index (κ2) is 8.90. The van der Waals surface area contributed by atoms with E-state index in [0.29, 0.717) is 18.8 Å². The van der Waals surface area contributed by atoms with Crippen LogP contribution < -0.4 is 0 Å². The third-order valence-corrected chi connectivity index (χ3v) is 6.99. The Balaban J connectivity index is 1.21. The lowest BCUT2D eigenvalue weighted by atomic mass is 9.96. The van der Waals surface area contributed by atoms with Crippen LogP contribution in [0.25, 0.3) is 0 Å². The summed E-state index contributed by atoms with van der Waals surface area (Å²) < 4.78 is 5.23. The third kappa shape index (κ3) is 4.21. The Morgan fingerprint density at radius 2 is 2.06 bits per heavy atom. The zero-order valence-electron chi connectivity index (χ0n) is 18.9. The van der Waals surface area contributed by atoms with Crippen LogP contribution in [0.15, 0.2) is 34.9 Å². The van der Waals surface area contributed by atoms with Gasteiger partial charge in [-0.25, -0.2) is 0 Å². The summed E-state index contributed by atoms with van der Waals surface area (Å²) >= 11 is 0. The van der Waals surface area contributed by atoms with Crippen molar-refractivity contribution in [1.29, 1.82) is 0 Å². The summed E-state index contributed by atoms with van der Waals surface area (Å²) in [4.78, 5) is 17.4. The number of hydrogen-bond donors (Lipinski definition) is 1. The van der Waals surface area contributed by atoms with Crippen molar-refractivity contribution in [2.75, 3.05) is 19.6 Å². The molecule has 2 aliphatic heterocycles. The Kier molecular flexibility index (Phi) is 5.83. The van der Waals surface area contributed by atoms with Gasteiger partial charge in [0.25, 0.3) is 0 Å². The number of fused-ring (bicyclic) bond motifs is 1. The van der Waals surface area contributed by atoms with Crippen LogP contribution in [-0.4, -0.2) is 50.7 Å². The minimum absolute atomic E-state index is 0.211. The van der Waals surface area contributed by atoms with Crippen LogP contribution >= 0.6 is 0 Å². The monoisotopic (exact) mass is 433 g/mol. The fraction of sp³-hybridized carbons (Fsp3) is 0.480. The lowest BCUT2D eigenvalue weighted by molar-refractivity contribution is -0.130. The average molecular weight is 434 g/mol. The first-order valence-corrected chi connectivity index (χ1v) is 11.6. The quantitative estimate of drug-likeness (QED) is 0.644. The SMILES string of the molecule is Cc1noc(C)c1CCC(=O)N1CCC(c2n[nH]c3c2CN(Cc2ccccc2)CC3)C1. The van der Waals surface area contributed by atoms with E-state index in [1.165, 1.54) is 22.5 Å². The van der Waals surface area contributed by atoms with E-state index in [-0.39, 0.29) is 5.91 Å². The third-order valence-electron chi connectivity index (χ3n) is 6.99. The fourth-order valence-electron chi connectivity index (χ4n) is 5.15. The number of nitrogens with one attached hydrogen (secondary N) is 1. The average Bonchev–Trinajstić information content (AvgIpc) is 3.52. The molecule has 3 aromatic rings. The summed E-state index contributed by atoms with van der Waals surface area (Å²) in [6.07, 6.45) is 3.17. The highest BCUT2D eigenvalue weighted by molar-refractivity contribution is 5.77. The van der Waals surface area contributed by atoms with Crippen molar-refractivity contribution in [3.8, 4) is 0 Å². The Labute approximate surface area is 188 Å². The van der Waals surface area contributed by atoms with Crippen molar-refractivity contribution in [3.05, 3.63) is 69.9 Å². The lowest BCUT2D eigenvalue weighted by Gasteiger charge is -2.27. The van der Waals surface area contributed by atoms with Crippen LogP contribution in [0.1, 0.15) is 58.3 Å². The molecule has 0 saturated carbocycles. The first kappa shape index (κ1) is 20.9. The molecule has 0 radical (unpaired) electrons. The smallest absolute Gasteiger partial charge is 0.222 e. The van der Waals surface area contributed by atoms with Crippen molar-refractivity contribution in [1.82, 2.24) is 25.2 Å². The summed E-state index contributed by atoms with van der Waals surface area (Å²) in [7, 11) is 0. The number of carbonyl (C=O) groups is 1. The van der Waals surface area contributed by atoms with Crippen molar-refractivity contribution in [2.45, 2.75) is 58.5 Å². The molecule has 0 spiro atoms. The number of benzene rings is 1. The molecule has 1 unspecified atom stereocenters. The normalized spacial score (nSPS) is 18.8. The number of nitrogens with zero attached hydrogens (tertiary/aromatic N) is 4. The van der Waals surface area contributed by atoms with Crippen LogP contribution in [0, 0.1) is 13.8 Å². The molecule has 1 atom stereocenters. The predicted molar refractivity (Wildman–Crippen MR) is 121 cm³/mol. The van der Waals surface area contributed by atoms with Gasteiger partial charge in [-0.3, -0.25) is 14.8 Å². The minimum atomic E-state index is 0.211. The highest BCUT2D eigenvalue weighted by Gasteiger charge is 2.33. The number of aromatic amines is 1. The van der Waals surface area contributed by atoms with Gasteiger partial charge >= 0.3 is 0 Å². The molecule has 2 aliphatic rings. The maximum absolute atomic E-state index is 12.9. The largest absolute Gasteiger partial charge is 0.361 e. The van der Waals surface area contributed by atoms with E-state index in [2.05, 4.69) is 45.5 Å². The highest BCUT2D eigenvalue weighted by Crippen LogP contribution is 2.32. The summed E-state index contributed by atoms with van der Waals surface area (Å²) in [6, 6.07) is 10.6. The molecular weight excluding hydrogens is 402 g/mol. The van der Waals surface area contributed by atoms with Crippen LogP contribution in [0.4, 0.5) is 0 Å². The second-order valence-electron chi connectivity index (χ2n) is 9.14. The number of rotatable bonds is 6. The van der Waals surface area contributed by atoms with Gasteiger partial charge < -0.3 is 9.42 Å². The molecule has 32 heavy (non-hydrogen) atoms. The molecule has 2 aromatic heterocycles. The summed E-state index contributed by atoms with van der Waals surface area (Å²) in [5.74, 6) is 1.34. The van der Waals surface area contributed by atoms with Gasteiger partial charge in [0, 0.05) is 68.3 Å². The van der Waals surface area contributed by atoms with Crippen molar-refractivity contribution in [2.24, 2.45) is 0 Å². The molecule has 1 amide bonds. The summed E-state index contributed by atoms with van der Waals surface area (Å²) in [6.45, 7) is 8.34. The number of hydrogen-bond acceptors (Lipinski definition) is 5.